The fourth-order valence-electron chi connectivity index (χ4n) is 2.58. The van der Waals surface area contributed by atoms with E-state index in [0.717, 1.165) is 19.6 Å². The van der Waals surface area contributed by atoms with Crippen LogP contribution >= 0.6 is 0 Å². The van der Waals surface area contributed by atoms with Gasteiger partial charge in [-0.1, -0.05) is 31.2 Å². The highest BCUT2D eigenvalue weighted by atomic mass is 15.2. The lowest BCUT2D eigenvalue weighted by Crippen LogP contribution is -2.40. The second-order valence-electron chi connectivity index (χ2n) is 5.00. The van der Waals surface area contributed by atoms with Crippen LogP contribution in [-0.2, 0) is 13.0 Å². The maximum atomic E-state index is 3.45. The van der Waals surface area contributed by atoms with Gasteiger partial charge in [0, 0.05) is 19.1 Å². The van der Waals surface area contributed by atoms with Gasteiger partial charge in [0.15, 0.2) is 0 Å². The average molecular weight is 232 g/mol. The summed E-state index contributed by atoms with van der Waals surface area (Å²) < 4.78 is 0. The number of nitrogens with one attached hydrogen (secondary N) is 1. The van der Waals surface area contributed by atoms with E-state index in [1.807, 2.05) is 0 Å². The zero-order chi connectivity index (χ0) is 12.1. The first-order chi connectivity index (χ1) is 8.31. The zero-order valence-electron chi connectivity index (χ0n) is 11.1. The smallest absolute Gasteiger partial charge is 0.0239 e. The third kappa shape index (κ3) is 3.30. The van der Waals surface area contributed by atoms with E-state index >= 15 is 0 Å². The lowest BCUT2D eigenvalue weighted by atomic mass is 10.0. The van der Waals surface area contributed by atoms with Crippen molar-refractivity contribution < 1.29 is 0 Å². The standard InChI is InChI=1S/C15H24N2/c1-3-16-11-13(2)17-10-6-9-14-7-4-5-8-15(14)12-17/h4-5,7-8,13,16H,3,6,9-12H2,1-2H3. The third-order valence-electron chi connectivity index (χ3n) is 3.70. The molecule has 1 heterocycles. The van der Waals surface area contributed by atoms with Crippen LogP contribution in [0, 0.1) is 0 Å². The summed E-state index contributed by atoms with van der Waals surface area (Å²) >= 11 is 0. The van der Waals surface area contributed by atoms with Gasteiger partial charge in [-0.3, -0.25) is 4.90 Å². The van der Waals surface area contributed by atoms with Gasteiger partial charge in [0.05, 0.1) is 0 Å². The van der Waals surface area contributed by atoms with Crippen molar-refractivity contribution in [2.45, 2.75) is 39.3 Å². The normalized spacial score (nSPS) is 18.5. The Morgan fingerprint density at radius 1 is 1.29 bits per heavy atom. The molecule has 1 atom stereocenters. The fraction of sp³-hybridized carbons (Fsp3) is 0.600. The zero-order valence-corrected chi connectivity index (χ0v) is 11.1. The van der Waals surface area contributed by atoms with Crippen LogP contribution < -0.4 is 5.32 Å². The summed E-state index contributed by atoms with van der Waals surface area (Å²) in [6.07, 6.45) is 2.52. The van der Waals surface area contributed by atoms with Crippen molar-refractivity contribution >= 4 is 0 Å². The molecule has 0 radical (unpaired) electrons. The molecule has 2 rings (SSSR count). The Labute approximate surface area is 105 Å². The molecule has 2 heteroatoms. The van der Waals surface area contributed by atoms with E-state index < -0.39 is 0 Å². The molecule has 0 bridgehead atoms. The van der Waals surface area contributed by atoms with Crippen molar-refractivity contribution in [1.29, 1.82) is 0 Å². The maximum Gasteiger partial charge on any atom is 0.0239 e. The number of likely N-dealkylation sites (N-methyl/N-ethyl adjacent to an activating group) is 1. The Morgan fingerprint density at radius 3 is 2.82 bits per heavy atom. The molecule has 0 fully saturated rings. The van der Waals surface area contributed by atoms with Gasteiger partial charge < -0.3 is 5.32 Å². The van der Waals surface area contributed by atoms with E-state index in [9.17, 15) is 0 Å². The van der Waals surface area contributed by atoms with Crippen molar-refractivity contribution in [3.8, 4) is 0 Å². The summed E-state index contributed by atoms with van der Waals surface area (Å²) in [7, 11) is 0. The van der Waals surface area contributed by atoms with Gasteiger partial charge >= 0.3 is 0 Å². The number of aryl methyl sites for hydroxylation is 1. The first kappa shape index (κ1) is 12.6. The van der Waals surface area contributed by atoms with Crippen LogP contribution in [0.2, 0.25) is 0 Å². The molecule has 2 nitrogen and oxygen atoms in total. The summed E-state index contributed by atoms with van der Waals surface area (Å²) in [6, 6.07) is 9.52. The molecule has 0 aromatic heterocycles. The second-order valence-corrected chi connectivity index (χ2v) is 5.00. The Bertz CT molecular complexity index is 349. The molecule has 1 aromatic rings. The summed E-state index contributed by atoms with van der Waals surface area (Å²) in [5, 5.41) is 3.45. The van der Waals surface area contributed by atoms with Gasteiger partial charge in [-0.2, -0.15) is 0 Å². The highest BCUT2D eigenvalue weighted by Crippen LogP contribution is 2.19. The van der Waals surface area contributed by atoms with Gasteiger partial charge in [-0.05, 0) is 44.0 Å². The van der Waals surface area contributed by atoms with Crippen LogP contribution in [0.3, 0.4) is 0 Å². The molecule has 1 aliphatic heterocycles. The van der Waals surface area contributed by atoms with E-state index in [2.05, 4.69) is 48.3 Å². The molecular formula is C15H24N2. The highest BCUT2D eigenvalue weighted by Gasteiger charge is 2.18. The van der Waals surface area contributed by atoms with E-state index in [1.54, 1.807) is 5.56 Å². The maximum absolute atomic E-state index is 3.45. The van der Waals surface area contributed by atoms with Crippen LogP contribution in [-0.4, -0.2) is 30.6 Å². The van der Waals surface area contributed by atoms with Crippen molar-refractivity contribution in [2.75, 3.05) is 19.6 Å². The molecule has 0 saturated carbocycles. The fourth-order valence-corrected chi connectivity index (χ4v) is 2.58. The Hall–Kier alpha value is -0.860. The minimum atomic E-state index is 0.626. The predicted octanol–water partition coefficient (Wildman–Crippen LogP) is 2.43. The van der Waals surface area contributed by atoms with Crippen molar-refractivity contribution in [1.82, 2.24) is 10.2 Å². The molecule has 1 aliphatic rings. The quantitative estimate of drug-likeness (QED) is 0.857. The van der Waals surface area contributed by atoms with Crippen LogP contribution in [0.5, 0.6) is 0 Å². The molecular weight excluding hydrogens is 208 g/mol. The summed E-state index contributed by atoms with van der Waals surface area (Å²) in [6.45, 7) is 9.00. The topological polar surface area (TPSA) is 15.3 Å². The van der Waals surface area contributed by atoms with Gasteiger partial charge in [-0.15, -0.1) is 0 Å². The van der Waals surface area contributed by atoms with E-state index in [4.69, 9.17) is 0 Å². The van der Waals surface area contributed by atoms with Gasteiger partial charge in [-0.25, -0.2) is 0 Å². The van der Waals surface area contributed by atoms with Crippen molar-refractivity contribution in [3.05, 3.63) is 35.4 Å². The number of hydrogen-bond acceptors (Lipinski definition) is 2. The number of hydrogen-bond donors (Lipinski definition) is 1. The number of nitrogens with zero attached hydrogens (tertiary/aromatic N) is 1. The van der Waals surface area contributed by atoms with Crippen molar-refractivity contribution in [2.24, 2.45) is 0 Å². The minimum absolute atomic E-state index is 0.626. The van der Waals surface area contributed by atoms with Gasteiger partial charge in [0.25, 0.3) is 0 Å². The summed E-state index contributed by atoms with van der Waals surface area (Å²) in [5.41, 5.74) is 3.07. The first-order valence-electron chi connectivity index (χ1n) is 6.82. The molecule has 0 spiro atoms. The summed E-state index contributed by atoms with van der Waals surface area (Å²) in [5.74, 6) is 0. The molecule has 17 heavy (non-hydrogen) atoms. The van der Waals surface area contributed by atoms with Gasteiger partial charge in [0.1, 0.15) is 0 Å². The molecule has 94 valence electrons. The van der Waals surface area contributed by atoms with E-state index in [-0.39, 0.29) is 0 Å². The lowest BCUT2D eigenvalue weighted by molar-refractivity contribution is 0.199. The predicted molar refractivity (Wildman–Crippen MR) is 73.2 cm³/mol. The lowest BCUT2D eigenvalue weighted by Gasteiger charge is -2.28. The monoisotopic (exact) mass is 232 g/mol. The Balaban J connectivity index is 2.02. The largest absolute Gasteiger partial charge is 0.315 e. The molecule has 0 amide bonds. The van der Waals surface area contributed by atoms with E-state index in [0.29, 0.717) is 6.04 Å². The van der Waals surface area contributed by atoms with Crippen LogP contribution in [0.4, 0.5) is 0 Å². The van der Waals surface area contributed by atoms with Gasteiger partial charge in [0.2, 0.25) is 0 Å². The highest BCUT2D eigenvalue weighted by molar-refractivity contribution is 5.28. The number of fused-ring (bicyclic) bond motifs is 1. The summed E-state index contributed by atoms with van der Waals surface area (Å²) in [4.78, 5) is 2.61. The molecule has 1 unspecified atom stereocenters. The molecule has 0 saturated heterocycles. The second kappa shape index (κ2) is 6.18. The minimum Gasteiger partial charge on any atom is -0.315 e. The third-order valence-corrected chi connectivity index (χ3v) is 3.70. The number of benzene rings is 1. The Kier molecular flexibility index (Phi) is 4.57. The SMILES string of the molecule is CCNCC(C)N1CCCc2ccccc2C1. The average Bonchev–Trinajstić information content (AvgIpc) is 2.58. The first-order valence-corrected chi connectivity index (χ1v) is 6.82. The van der Waals surface area contributed by atoms with Crippen LogP contribution in [0.25, 0.3) is 0 Å². The van der Waals surface area contributed by atoms with Crippen LogP contribution in [0.1, 0.15) is 31.4 Å². The van der Waals surface area contributed by atoms with Crippen molar-refractivity contribution in [3.63, 3.8) is 0 Å². The molecule has 1 N–H and O–H groups in total. The van der Waals surface area contributed by atoms with Crippen LogP contribution in [0.15, 0.2) is 24.3 Å². The number of rotatable bonds is 4. The van der Waals surface area contributed by atoms with E-state index in [1.165, 1.54) is 24.9 Å². The molecule has 1 aromatic carbocycles. The molecule has 0 aliphatic carbocycles. The Morgan fingerprint density at radius 2 is 2.06 bits per heavy atom.